The molecular formula is C12H12FN3O2. The van der Waals surface area contributed by atoms with Gasteiger partial charge in [-0.25, -0.2) is 9.37 Å². The summed E-state index contributed by atoms with van der Waals surface area (Å²) in [4.78, 5) is 8.07. The first-order chi connectivity index (χ1) is 8.71. The zero-order valence-corrected chi connectivity index (χ0v) is 9.98. The van der Waals surface area contributed by atoms with Crippen molar-refractivity contribution < 1.29 is 13.9 Å². The lowest BCUT2D eigenvalue weighted by Gasteiger charge is -2.07. The quantitative estimate of drug-likeness (QED) is 0.901. The molecule has 0 aliphatic heterocycles. The van der Waals surface area contributed by atoms with Crippen molar-refractivity contribution in [3.8, 4) is 11.6 Å². The molecule has 1 aromatic carbocycles. The van der Waals surface area contributed by atoms with E-state index >= 15 is 0 Å². The number of aromatic nitrogens is 2. The molecule has 1 heterocycles. The molecule has 0 aliphatic rings. The lowest BCUT2D eigenvalue weighted by Crippen LogP contribution is -1.99. The average Bonchev–Trinajstić information content (AvgIpc) is 2.38. The highest BCUT2D eigenvalue weighted by Gasteiger charge is 2.04. The van der Waals surface area contributed by atoms with E-state index in [1.165, 1.54) is 26.4 Å². The van der Waals surface area contributed by atoms with Gasteiger partial charge in [-0.3, -0.25) is 0 Å². The fraction of sp³-hybridized carbons (Fsp3) is 0.167. The van der Waals surface area contributed by atoms with Crippen molar-refractivity contribution in [2.24, 2.45) is 0 Å². The number of methoxy groups -OCH3 is 2. The van der Waals surface area contributed by atoms with E-state index in [1.54, 1.807) is 18.3 Å². The van der Waals surface area contributed by atoms with Crippen LogP contribution in [0.15, 0.2) is 30.5 Å². The lowest BCUT2D eigenvalue weighted by atomic mass is 10.3. The van der Waals surface area contributed by atoms with Crippen LogP contribution in [-0.2, 0) is 0 Å². The van der Waals surface area contributed by atoms with Crippen LogP contribution >= 0.6 is 0 Å². The van der Waals surface area contributed by atoms with Crippen molar-refractivity contribution in [3.05, 3.63) is 36.3 Å². The maximum atomic E-state index is 13.3. The summed E-state index contributed by atoms with van der Waals surface area (Å²) in [6.07, 6.45) is 1.55. The molecule has 2 rings (SSSR count). The number of benzene rings is 1. The van der Waals surface area contributed by atoms with Gasteiger partial charge in [0.05, 0.1) is 14.2 Å². The maximum absolute atomic E-state index is 13.3. The standard InChI is InChI=1S/C12H12FN3O2/c1-17-10-6-8(13)5-9(7-10)15-12-14-4-3-11(16-12)18-2/h3-7H,1-2H3,(H,14,15,16). The van der Waals surface area contributed by atoms with E-state index < -0.39 is 5.82 Å². The predicted molar refractivity (Wildman–Crippen MR) is 64.8 cm³/mol. The van der Waals surface area contributed by atoms with E-state index in [1.807, 2.05) is 0 Å². The Labute approximate surface area is 104 Å². The number of halogens is 1. The van der Waals surface area contributed by atoms with Crippen LogP contribution in [0, 0.1) is 5.82 Å². The van der Waals surface area contributed by atoms with Crippen molar-refractivity contribution in [3.63, 3.8) is 0 Å². The third kappa shape index (κ3) is 2.85. The highest BCUT2D eigenvalue weighted by atomic mass is 19.1. The van der Waals surface area contributed by atoms with Crippen molar-refractivity contribution in [2.45, 2.75) is 0 Å². The zero-order valence-electron chi connectivity index (χ0n) is 9.98. The van der Waals surface area contributed by atoms with Gasteiger partial charge in [0.2, 0.25) is 11.8 Å². The Morgan fingerprint density at radius 1 is 1.17 bits per heavy atom. The number of hydrogen-bond acceptors (Lipinski definition) is 5. The lowest BCUT2D eigenvalue weighted by molar-refractivity contribution is 0.397. The fourth-order valence-electron chi connectivity index (χ4n) is 1.40. The molecule has 0 fully saturated rings. The van der Waals surface area contributed by atoms with Gasteiger partial charge in [0.15, 0.2) is 0 Å². The van der Waals surface area contributed by atoms with Crippen molar-refractivity contribution in [1.29, 1.82) is 0 Å². The number of nitrogens with one attached hydrogen (secondary N) is 1. The molecule has 0 spiro atoms. The second kappa shape index (κ2) is 5.31. The minimum absolute atomic E-state index is 0.321. The van der Waals surface area contributed by atoms with Crippen molar-refractivity contribution >= 4 is 11.6 Å². The number of hydrogen-bond donors (Lipinski definition) is 1. The minimum Gasteiger partial charge on any atom is -0.497 e. The summed E-state index contributed by atoms with van der Waals surface area (Å²) in [5.74, 6) is 0.762. The molecular weight excluding hydrogens is 237 g/mol. The van der Waals surface area contributed by atoms with Gasteiger partial charge in [0.25, 0.3) is 0 Å². The first-order valence-corrected chi connectivity index (χ1v) is 5.20. The molecule has 18 heavy (non-hydrogen) atoms. The van der Waals surface area contributed by atoms with Crippen LogP contribution in [0.2, 0.25) is 0 Å². The van der Waals surface area contributed by atoms with Gasteiger partial charge in [-0.05, 0) is 6.07 Å². The molecule has 1 aromatic heterocycles. The number of anilines is 2. The first kappa shape index (κ1) is 12.1. The van der Waals surface area contributed by atoms with E-state index in [0.717, 1.165) is 0 Å². The van der Waals surface area contributed by atoms with Crippen LogP contribution in [0.4, 0.5) is 16.0 Å². The molecule has 0 aliphatic carbocycles. The third-order valence-electron chi connectivity index (χ3n) is 2.20. The van der Waals surface area contributed by atoms with Gasteiger partial charge in [-0.1, -0.05) is 0 Å². The normalized spacial score (nSPS) is 9.94. The fourth-order valence-corrected chi connectivity index (χ4v) is 1.40. The Morgan fingerprint density at radius 3 is 2.72 bits per heavy atom. The summed E-state index contributed by atoms with van der Waals surface area (Å²) < 4.78 is 23.2. The molecule has 0 saturated heterocycles. The first-order valence-electron chi connectivity index (χ1n) is 5.20. The Kier molecular flexibility index (Phi) is 3.57. The molecule has 0 radical (unpaired) electrons. The van der Waals surface area contributed by atoms with Gasteiger partial charge in [0.1, 0.15) is 11.6 Å². The third-order valence-corrected chi connectivity index (χ3v) is 2.20. The molecule has 0 amide bonds. The molecule has 0 unspecified atom stereocenters. The Hall–Kier alpha value is -2.37. The summed E-state index contributed by atoms with van der Waals surface area (Å²) in [7, 11) is 2.98. The SMILES string of the molecule is COc1cc(F)cc(Nc2nccc(OC)n2)c1. The van der Waals surface area contributed by atoms with E-state index in [4.69, 9.17) is 9.47 Å². The summed E-state index contributed by atoms with van der Waals surface area (Å²) in [6.45, 7) is 0. The monoisotopic (exact) mass is 249 g/mol. The van der Waals surface area contributed by atoms with E-state index in [2.05, 4.69) is 15.3 Å². The second-order valence-electron chi connectivity index (χ2n) is 3.43. The number of nitrogens with zero attached hydrogens (tertiary/aromatic N) is 2. The summed E-state index contributed by atoms with van der Waals surface area (Å²) in [5, 5.41) is 2.87. The largest absolute Gasteiger partial charge is 0.497 e. The van der Waals surface area contributed by atoms with E-state index in [9.17, 15) is 4.39 Å². The number of rotatable bonds is 4. The topological polar surface area (TPSA) is 56.3 Å². The highest BCUT2D eigenvalue weighted by Crippen LogP contribution is 2.22. The second-order valence-corrected chi connectivity index (χ2v) is 3.43. The van der Waals surface area contributed by atoms with Gasteiger partial charge in [-0.15, -0.1) is 0 Å². The predicted octanol–water partition coefficient (Wildman–Crippen LogP) is 2.38. The van der Waals surface area contributed by atoms with Crippen LogP contribution in [0.1, 0.15) is 0 Å². The van der Waals surface area contributed by atoms with Gasteiger partial charge >= 0.3 is 0 Å². The Bertz CT molecular complexity index is 549. The molecule has 5 nitrogen and oxygen atoms in total. The highest BCUT2D eigenvalue weighted by molar-refractivity contribution is 5.56. The van der Waals surface area contributed by atoms with Crippen molar-refractivity contribution in [2.75, 3.05) is 19.5 Å². The van der Waals surface area contributed by atoms with Crippen LogP contribution in [0.3, 0.4) is 0 Å². The Balaban J connectivity index is 2.24. The van der Waals surface area contributed by atoms with E-state index in [-0.39, 0.29) is 0 Å². The smallest absolute Gasteiger partial charge is 0.230 e. The molecule has 6 heteroatoms. The van der Waals surface area contributed by atoms with Crippen LogP contribution < -0.4 is 14.8 Å². The minimum atomic E-state index is -0.403. The summed E-state index contributed by atoms with van der Waals surface area (Å²) in [6, 6.07) is 5.88. The van der Waals surface area contributed by atoms with Crippen LogP contribution in [-0.4, -0.2) is 24.2 Å². The van der Waals surface area contributed by atoms with E-state index in [0.29, 0.717) is 23.3 Å². The van der Waals surface area contributed by atoms with Gasteiger partial charge in [-0.2, -0.15) is 4.98 Å². The maximum Gasteiger partial charge on any atom is 0.230 e. The average molecular weight is 249 g/mol. The Morgan fingerprint density at radius 2 is 2.00 bits per heavy atom. The van der Waals surface area contributed by atoms with Gasteiger partial charge in [0, 0.05) is 30.1 Å². The molecule has 0 atom stereocenters. The van der Waals surface area contributed by atoms with Crippen LogP contribution in [0.25, 0.3) is 0 Å². The molecule has 0 saturated carbocycles. The molecule has 0 bridgehead atoms. The summed E-state index contributed by atoms with van der Waals surface area (Å²) in [5.41, 5.74) is 0.500. The summed E-state index contributed by atoms with van der Waals surface area (Å²) >= 11 is 0. The molecule has 94 valence electrons. The van der Waals surface area contributed by atoms with Gasteiger partial charge < -0.3 is 14.8 Å². The number of ether oxygens (including phenoxy) is 2. The molecule has 1 N–H and O–H groups in total. The van der Waals surface area contributed by atoms with Crippen molar-refractivity contribution in [1.82, 2.24) is 9.97 Å². The van der Waals surface area contributed by atoms with Crippen LogP contribution in [0.5, 0.6) is 11.6 Å². The molecule has 2 aromatic rings. The zero-order chi connectivity index (χ0) is 13.0.